The molecule has 0 aliphatic carbocycles. The van der Waals surface area contributed by atoms with E-state index in [1.807, 2.05) is 0 Å². The molecule has 0 aromatic heterocycles. The van der Waals surface area contributed by atoms with Crippen LogP contribution in [0.15, 0.2) is 12.1 Å². The molecular formula is C9H10ClF3N2O. The molecule has 1 atom stereocenters. The summed E-state index contributed by atoms with van der Waals surface area (Å²) in [5.74, 6) is 0. The van der Waals surface area contributed by atoms with E-state index in [2.05, 4.69) is 0 Å². The third-order valence-electron chi connectivity index (χ3n) is 2.09. The summed E-state index contributed by atoms with van der Waals surface area (Å²) in [6, 6.07) is 0.534. The first-order valence-corrected chi connectivity index (χ1v) is 4.67. The van der Waals surface area contributed by atoms with Gasteiger partial charge in [-0.2, -0.15) is 13.2 Å². The van der Waals surface area contributed by atoms with Gasteiger partial charge in [0.25, 0.3) is 0 Å². The van der Waals surface area contributed by atoms with Gasteiger partial charge in [0.2, 0.25) is 0 Å². The molecule has 1 aromatic rings. The number of halogens is 4. The molecule has 0 spiro atoms. The lowest BCUT2D eigenvalue weighted by atomic mass is 10.0. The van der Waals surface area contributed by atoms with Gasteiger partial charge in [-0.05, 0) is 17.7 Å². The van der Waals surface area contributed by atoms with Crippen molar-refractivity contribution in [3.63, 3.8) is 0 Å². The second-order valence-corrected chi connectivity index (χ2v) is 3.65. The molecule has 0 amide bonds. The fourth-order valence-electron chi connectivity index (χ4n) is 1.21. The molecule has 0 saturated carbocycles. The fourth-order valence-corrected chi connectivity index (χ4v) is 1.43. The molecule has 0 unspecified atom stereocenters. The first kappa shape index (κ1) is 13.1. The van der Waals surface area contributed by atoms with E-state index < -0.39 is 24.4 Å². The van der Waals surface area contributed by atoms with Crippen LogP contribution in [0.5, 0.6) is 0 Å². The van der Waals surface area contributed by atoms with Crippen LogP contribution < -0.4 is 11.5 Å². The van der Waals surface area contributed by atoms with Gasteiger partial charge in [-0.3, -0.25) is 0 Å². The van der Waals surface area contributed by atoms with Crippen LogP contribution in [0.3, 0.4) is 0 Å². The highest BCUT2D eigenvalue weighted by Crippen LogP contribution is 2.36. The van der Waals surface area contributed by atoms with Crippen LogP contribution in [-0.2, 0) is 6.18 Å². The molecule has 0 aliphatic heterocycles. The van der Waals surface area contributed by atoms with E-state index in [1.165, 1.54) is 0 Å². The average Bonchev–Trinajstić information content (AvgIpc) is 2.19. The van der Waals surface area contributed by atoms with Crippen molar-refractivity contribution in [2.24, 2.45) is 5.73 Å². The van der Waals surface area contributed by atoms with Crippen molar-refractivity contribution in [1.29, 1.82) is 0 Å². The maximum absolute atomic E-state index is 12.4. The number of aliphatic hydroxyl groups excluding tert-OH is 1. The summed E-state index contributed by atoms with van der Waals surface area (Å²) >= 11 is 5.56. The molecule has 0 bridgehead atoms. The second-order valence-electron chi connectivity index (χ2n) is 3.25. The predicted octanol–water partition coefficient (Wildman–Crippen LogP) is 1.93. The summed E-state index contributed by atoms with van der Waals surface area (Å²) < 4.78 is 37.3. The first-order valence-electron chi connectivity index (χ1n) is 4.30. The van der Waals surface area contributed by atoms with E-state index in [9.17, 15) is 13.2 Å². The van der Waals surface area contributed by atoms with Crippen LogP contribution in [0, 0.1) is 0 Å². The standard InChI is InChI=1S/C9H10ClF3N2O/c10-6-2-4(9(11,12)13)1-5(8(6)15)7(14)3-16/h1-2,7,16H,3,14-15H2/t7-/m0/s1. The van der Waals surface area contributed by atoms with Crippen LogP contribution >= 0.6 is 11.6 Å². The molecule has 1 rings (SSSR count). The lowest BCUT2D eigenvalue weighted by Gasteiger charge is -2.16. The normalized spacial score (nSPS) is 13.9. The third-order valence-corrected chi connectivity index (χ3v) is 2.40. The molecular weight excluding hydrogens is 245 g/mol. The van der Waals surface area contributed by atoms with Gasteiger partial charge in [-0.15, -0.1) is 0 Å². The highest BCUT2D eigenvalue weighted by atomic mass is 35.5. The summed E-state index contributed by atoms with van der Waals surface area (Å²) in [7, 11) is 0. The minimum atomic E-state index is -4.53. The maximum atomic E-state index is 12.4. The number of anilines is 1. The Morgan fingerprint density at radius 3 is 2.38 bits per heavy atom. The van der Waals surface area contributed by atoms with E-state index in [-0.39, 0.29) is 16.3 Å². The summed E-state index contributed by atoms with van der Waals surface area (Å²) in [5.41, 5.74) is 9.90. The van der Waals surface area contributed by atoms with Crippen LogP contribution in [0.4, 0.5) is 18.9 Å². The number of alkyl halides is 3. The Morgan fingerprint density at radius 2 is 1.94 bits per heavy atom. The van der Waals surface area contributed by atoms with Crippen molar-refractivity contribution in [1.82, 2.24) is 0 Å². The number of hydrogen-bond donors (Lipinski definition) is 3. The second kappa shape index (κ2) is 4.48. The van der Waals surface area contributed by atoms with Crippen LogP contribution in [-0.4, -0.2) is 11.7 Å². The number of hydrogen-bond acceptors (Lipinski definition) is 3. The first-order chi connectivity index (χ1) is 7.27. The number of nitrogen functional groups attached to an aromatic ring is 1. The third kappa shape index (κ3) is 2.58. The van der Waals surface area contributed by atoms with E-state index in [4.69, 9.17) is 28.2 Å². The van der Waals surface area contributed by atoms with Gasteiger partial charge >= 0.3 is 6.18 Å². The molecule has 0 aliphatic rings. The van der Waals surface area contributed by atoms with Gasteiger partial charge in [0.1, 0.15) is 0 Å². The summed E-state index contributed by atoms with van der Waals surface area (Å²) in [6.07, 6.45) is -4.53. The lowest BCUT2D eigenvalue weighted by molar-refractivity contribution is -0.137. The predicted molar refractivity (Wildman–Crippen MR) is 54.9 cm³/mol. The highest BCUT2D eigenvalue weighted by molar-refractivity contribution is 6.33. The molecule has 7 heteroatoms. The minimum Gasteiger partial charge on any atom is -0.397 e. The van der Waals surface area contributed by atoms with E-state index in [0.29, 0.717) is 0 Å². The number of rotatable bonds is 2. The molecule has 0 fully saturated rings. The van der Waals surface area contributed by atoms with Crippen molar-refractivity contribution in [2.75, 3.05) is 12.3 Å². The van der Waals surface area contributed by atoms with Gasteiger partial charge in [0.15, 0.2) is 0 Å². The molecule has 0 radical (unpaired) electrons. The zero-order valence-electron chi connectivity index (χ0n) is 8.05. The Kier molecular flexibility index (Phi) is 3.67. The van der Waals surface area contributed by atoms with Crippen LogP contribution in [0.2, 0.25) is 5.02 Å². The molecule has 3 nitrogen and oxygen atoms in total. The maximum Gasteiger partial charge on any atom is 0.416 e. The quantitative estimate of drug-likeness (QED) is 0.706. The van der Waals surface area contributed by atoms with Crippen molar-refractivity contribution in [3.8, 4) is 0 Å². The SMILES string of the molecule is Nc1c(Cl)cc(C(F)(F)F)cc1[C@@H](N)CO. The molecule has 5 N–H and O–H groups in total. The molecule has 1 aromatic carbocycles. The van der Waals surface area contributed by atoms with Gasteiger partial charge in [0.05, 0.1) is 28.9 Å². The van der Waals surface area contributed by atoms with E-state index in [0.717, 1.165) is 12.1 Å². The van der Waals surface area contributed by atoms with Crippen molar-refractivity contribution < 1.29 is 18.3 Å². The van der Waals surface area contributed by atoms with Gasteiger partial charge < -0.3 is 16.6 Å². The Hall–Kier alpha value is -0.980. The lowest BCUT2D eigenvalue weighted by Crippen LogP contribution is -2.18. The van der Waals surface area contributed by atoms with Crippen LogP contribution in [0.1, 0.15) is 17.2 Å². The zero-order chi connectivity index (χ0) is 12.5. The Bertz CT molecular complexity index is 395. The zero-order valence-corrected chi connectivity index (χ0v) is 8.81. The molecule has 16 heavy (non-hydrogen) atoms. The number of benzene rings is 1. The highest BCUT2D eigenvalue weighted by Gasteiger charge is 2.32. The van der Waals surface area contributed by atoms with Crippen molar-refractivity contribution in [3.05, 3.63) is 28.3 Å². The Labute approximate surface area is 94.8 Å². The van der Waals surface area contributed by atoms with E-state index >= 15 is 0 Å². The van der Waals surface area contributed by atoms with Crippen molar-refractivity contribution >= 4 is 17.3 Å². The molecule has 0 saturated heterocycles. The fraction of sp³-hybridized carbons (Fsp3) is 0.333. The monoisotopic (exact) mass is 254 g/mol. The molecule has 0 heterocycles. The van der Waals surface area contributed by atoms with Crippen LogP contribution in [0.25, 0.3) is 0 Å². The Morgan fingerprint density at radius 1 is 1.38 bits per heavy atom. The van der Waals surface area contributed by atoms with E-state index in [1.54, 1.807) is 0 Å². The van der Waals surface area contributed by atoms with Gasteiger partial charge in [-0.25, -0.2) is 0 Å². The Balaban J connectivity index is 3.33. The van der Waals surface area contributed by atoms with Gasteiger partial charge in [0, 0.05) is 0 Å². The van der Waals surface area contributed by atoms with Gasteiger partial charge in [-0.1, -0.05) is 11.6 Å². The average molecular weight is 255 g/mol. The minimum absolute atomic E-state index is 0.0117. The topological polar surface area (TPSA) is 72.3 Å². The van der Waals surface area contributed by atoms with Crippen molar-refractivity contribution in [2.45, 2.75) is 12.2 Å². The summed E-state index contributed by atoms with van der Waals surface area (Å²) in [4.78, 5) is 0. The smallest absolute Gasteiger partial charge is 0.397 e. The largest absolute Gasteiger partial charge is 0.416 e. The summed E-state index contributed by atoms with van der Waals surface area (Å²) in [6.45, 7) is -0.512. The summed E-state index contributed by atoms with van der Waals surface area (Å²) in [5, 5.41) is 8.56. The number of aliphatic hydroxyl groups is 1. The molecule has 90 valence electrons. The number of nitrogens with two attached hydrogens (primary N) is 2.